The summed E-state index contributed by atoms with van der Waals surface area (Å²) >= 11 is 2.75. The number of carbonyl (C=O) groups excluding carboxylic acids is 1. The smallest absolute Gasteiger partial charge is 0.276 e. The van der Waals surface area contributed by atoms with Gasteiger partial charge in [-0.2, -0.15) is 0 Å². The second-order valence-electron chi connectivity index (χ2n) is 7.23. The van der Waals surface area contributed by atoms with Crippen molar-refractivity contribution < 1.29 is 4.79 Å². The molecule has 1 saturated heterocycles. The molecule has 1 atom stereocenters. The van der Waals surface area contributed by atoms with Crippen LogP contribution in [0.5, 0.6) is 0 Å². The molecule has 5 nitrogen and oxygen atoms in total. The number of aromatic nitrogens is 2. The molecular weight excluding hydrogens is 390 g/mol. The van der Waals surface area contributed by atoms with Crippen molar-refractivity contribution in [2.45, 2.75) is 44.3 Å². The summed E-state index contributed by atoms with van der Waals surface area (Å²) in [5, 5.41) is 2.45. The van der Waals surface area contributed by atoms with Crippen molar-refractivity contribution >= 4 is 39.2 Å². The molecule has 1 aliphatic rings. The summed E-state index contributed by atoms with van der Waals surface area (Å²) < 4.78 is 2.28. The van der Waals surface area contributed by atoms with Gasteiger partial charge >= 0.3 is 0 Å². The number of fused-ring (bicyclic) bond motifs is 1. The number of piperidine rings is 1. The molecule has 4 rings (SSSR count). The van der Waals surface area contributed by atoms with E-state index in [2.05, 4.69) is 6.92 Å². The van der Waals surface area contributed by atoms with E-state index in [1.54, 1.807) is 4.57 Å². The second-order valence-corrected chi connectivity index (χ2v) is 9.09. The minimum absolute atomic E-state index is 0.0770. The number of rotatable bonds is 4. The van der Waals surface area contributed by atoms with E-state index >= 15 is 0 Å². The van der Waals surface area contributed by atoms with Crippen LogP contribution in [0.2, 0.25) is 0 Å². The standard InChI is InChI=1S/C21H23N3O2S2/c1-14-6-5-8-16(12-14)24-20(26)19-17(9-11-27-19)22-21(24)28-13-18(25)23-10-4-3-7-15(23)2/h5-6,8-9,11-12,15H,3-4,7,10,13H2,1-2H3/t15-/m0/s1. The first-order chi connectivity index (χ1) is 13.5. The molecule has 2 aromatic heterocycles. The molecule has 1 fully saturated rings. The molecule has 3 heterocycles. The van der Waals surface area contributed by atoms with E-state index in [-0.39, 0.29) is 23.3 Å². The van der Waals surface area contributed by atoms with Gasteiger partial charge in [-0.05, 0) is 62.3 Å². The maximum absolute atomic E-state index is 13.1. The highest BCUT2D eigenvalue weighted by atomic mass is 32.2. The van der Waals surface area contributed by atoms with Crippen LogP contribution in [0.15, 0.2) is 45.7 Å². The summed E-state index contributed by atoms with van der Waals surface area (Å²) in [6, 6.07) is 9.97. The van der Waals surface area contributed by atoms with Gasteiger partial charge in [-0.25, -0.2) is 4.98 Å². The van der Waals surface area contributed by atoms with E-state index < -0.39 is 0 Å². The van der Waals surface area contributed by atoms with Crippen molar-refractivity contribution in [2.75, 3.05) is 12.3 Å². The molecule has 28 heavy (non-hydrogen) atoms. The average Bonchev–Trinajstić information content (AvgIpc) is 3.15. The fraction of sp³-hybridized carbons (Fsp3) is 0.381. The Morgan fingerprint density at radius 2 is 2.18 bits per heavy atom. The van der Waals surface area contributed by atoms with Crippen LogP contribution in [0.4, 0.5) is 0 Å². The molecular formula is C21H23N3O2S2. The van der Waals surface area contributed by atoms with Gasteiger partial charge in [-0.1, -0.05) is 23.9 Å². The van der Waals surface area contributed by atoms with Crippen LogP contribution in [-0.4, -0.2) is 38.7 Å². The largest absolute Gasteiger partial charge is 0.339 e. The Balaban J connectivity index is 1.68. The van der Waals surface area contributed by atoms with Gasteiger partial charge in [0.25, 0.3) is 5.56 Å². The maximum atomic E-state index is 13.1. The molecule has 1 aromatic carbocycles. The monoisotopic (exact) mass is 413 g/mol. The lowest BCUT2D eigenvalue weighted by Crippen LogP contribution is -2.43. The molecule has 0 aliphatic carbocycles. The van der Waals surface area contributed by atoms with Crippen molar-refractivity contribution in [3.8, 4) is 5.69 Å². The van der Waals surface area contributed by atoms with Gasteiger partial charge in [0.15, 0.2) is 5.16 Å². The molecule has 0 spiro atoms. The van der Waals surface area contributed by atoms with E-state index in [0.717, 1.165) is 30.6 Å². The topological polar surface area (TPSA) is 55.2 Å². The molecule has 0 unspecified atom stereocenters. The summed E-state index contributed by atoms with van der Waals surface area (Å²) in [6.07, 6.45) is 3.30. The number of likely N-dealkylation sites (tertiary alicyclic amines) is 1. The number of nitrogens with zero attached hydrogens (tertiary/aromatic N) is 3. The number of hydrogen-bond acceptors (Lipinski definition) is 5. The van der Waals surface area contributed by atoms with Crippen molar-refractivity contribution in [1.82, 2.24) is 14.5 Å². The lowest BCUT2D eigenvalue weighted by atomic mass is 10.0. The average molecular weight is 414 g/mol. The van der Waals surface area contributed by atoms with Crippen molar-refractivity contribution in [1.29, 1.82) is 0 Å². The zero-order chi connectivity index (χ0) is 19.7. The van der Waals surface area contributed by atoms with Gasteiger partial charge in [0.05, 0.1) is 17.0 Å². The van der Waals surface area contributed by atoms with Crippen LogP contribution in [0, 0.1) is 6.92 Å². The number of benzene rings is 1. The Morgan fingerprint density at radius 1 is 1.32 bits per heavy atom. The third-order valence-corrected chi connectivity index (χ3v) is 6.97. The van der Waals surface area contributed by atoms with E-state index in [0.29, 0.717) is 15.4 Å². The highest BCUT2D eigenvalue weighted by Gasteiger charge is 2.24. The lowest BCUT2D eigenvalue weighted by Gasteiger charge is -2.33. The summed E-state index contributed by atoms with van der Waals surface area (Å²) in [7, 11) is 0. The first-order valence-electron chi connectivity index (χ1n) is 9.54. The molecule has 1 aliphatic heterocycles. The van der Waals surface area contributed by atoms with E-state index in [1.807, 2.05) is 47.5 Å². The van der Waals surface area contributed by atoms with Crippen molar-refractivity contribution in [3.63, 3.8) is 0 Å². The van der Waals surface area contributed by atoms with Gasteiger partial charge in [-0.3, -0.25) is 14.2 Å². The zero-order valence-electron chi connectivity index (χ0n) is 16.1. The highest BCUT2D eigenvalue weighted by Crippen LogP contribution is 2.25. The van der Waals surface area contributed by atoms with Gasteiger partial charge in [0, 0.05) is 12.6 Å². The predicted octanol–water partition coefficient (Wildman–Crippen LogP) is 4.25. The number of hydrogen-bond donors (Lipinski definition) is 0. The highest BCUT2D eigenvalue weighted by molar-refractivity contribution is 7.99. The Morgan fingerprint density at radius 3 is 2.96 bits per heavy atom. The molecule has 0 saturated carbocycles. The van der Waals surface area contributed by atoms with Crippen LogP contribution in [0.25, 0.3) is 15.9 Å². The molecule has 7 heteroatoms. The van der Waals surface area contributed by atoms with E-state index in [4.69, 9.17) is 4.98 Å². The number of thioether (sulfide) groups is 1. The SMILES string of the molecule is Cc1cccc(-n2c(SCC(=O)N3CCCC[C@@H]3C)nc3ccsc3c2=O)c1. The number of thiophene rings is 1. The van der Waals surface area contributed by atoms with Crippen LogP contribution >= 0.6 is 23.1 Å². The molecule has 146 valence electrons. The fourth-order valence-electron chi connectivity index (χ4n) is 3.66. The lowest BCUT2D eigenvalue weighted by molar-refractivity contribution is -0.131. The van der Waals surface area contributed by atoms with Gasteiger partial charge in [0.2, 0.25) is 5.91 Å². The van der Waals surface area contributed by atoms with Crippen molar-refractivity contribution in [3.05, 3.63) is 51.6 Å². The first-order valence-corrected chi connectivity index (χ1v) is 11.4. The van der Waals surface area contributed by atoms with Crippen molar-refractivity contribution in [2.24, 2.45) is 0 Å². The molecule has 3 aromatic rings. The summed E-state index contributed by atoms with van der Waals surface area (Å²) in [6.45, 7) is 4.93. The molecule has 0 N–H and O–H groups in total. The van der Waals surface area contributed by atoms with E-state index in [1.165, 1.54) is 29.5 Å². The summed E-state index contributed by atoms with van der Waals surface area (Å²) in [5.74, 6) is 0.408. The molecule has 1 amide bonds. The summed E-state index contributed by atoms with van der Waals surface area (Å²) in [5.41, 5.74) is 2.48. The van der Waals surface area contributed by atoms with Gasteiger partial charge in [0.1, 0.15) is 4.70 Å². The molecule has 0 radical (unpaired) electrons. The van der Waals surface area contributed by atoms with Gasteiger partial charge < -0.3 is 4.90 Å². The minimum Gasteiger partial charge on any atom is -0.339 e. The fourth-order valence-corrected chi connectivity index (χ4v) is 5.32. The van der Waals surface area contributed by atoms with Gasteiger partial charge in [-0.15, -0.1) is 11.3 Å². The molecule has 0 bridgehead atoms. The number of carbonyl (C=O) groups is 1. The minimum atomic E-state index is -0.0770. The zero-order valence-corrected chi connectivity index (χ0v) is 17.7. The van der Waals surface area contributed by atoms with Crippen LogP contribution in [0.3, 0.4) is 0 Å². The maximum Gasteiger partial charge on any atom is 0.276 e. The number of amides is 1. The van der Waals surface area contributed by atoms with Crippen LogP contribution in [0.1, 0.15) is 31.7 Å². The normalized spacial score (nSPS) is 17.2. The Labute approximate surface area is 172 Å². The van der Waals surface area contributed by atoms with E-state index in [9.17, 15) is 9.59 Å². The Kier molecular flexibility index (Phi) is 5.55. The number of aryl methyl sites for hydroxylation is 1. The third kappa shape index (κ3) is 3.73. The third-order valence-electron chi connectivity index (χ3n) is 5.16. The quantitative estimate of drug-likeness (QED) is 0.474. The first kappa shape index (κ1) is 19.2. The summed E-state index contributed by atoms with van der Waals surface area (Å²) in [4.78, 5) is 32.6. The Bertz CT molecular complexity index is 1070. The predicted molar refractivity (Wildman–Crippen MR) is 116 cm³/mol. The Hall–Kier alpha value is -2.12. The van der Waals surface area contributed by atoms with Crippen LogP contribution < -0.4 is 5.56 Å². The second kappa shape index (κ2) is 8.09. The van der Waals surface area contributed by atoms with Crippen LogP contribution in [-0.2, 0) is 4.79 Å².